The van der Waals surface area contributed by atoms with E-state index in [0.29, 0.717) is 17.9 Å². The molecule has 3 rings (SSSR count). The van der Waals surface area contributed by atoms with Crippen LogP contribution >= 0.6 is 0 Å². The topological polar surface area (TPSA) is 17.8 Å². The summed E-state index contributed by atoms with van der Waals surface area (Å²) < 4.78 is 15.5. The first-order valence-electron chi connectivity index (χ1n) is 6.63. The predicted octanol–water partition coefficient (Wildman–Crippen LogP) is 3.62. The highest BCUT2D eigenvalue weighted by Crippen LogP contribution is 2.73. The van der Waals surface area contributed by atoms with Crippen LogP contribution in [0.25, 0.3) is 0 Å². The average molecular weight is 236 g/mol. The van der Waals surface area contributed by atoms with Crippen LogP contribution in [0.5, 0.6) is 0 Å². The van der Waals surface area contributed by atoms with E-state index in [9.17, 15) is 4.39 Å². The van der Waals surface area contributed by atoms with Gasteiger partial charge in [0.1, 0.15) is 6.17 Å². The minimum atomic E-state index is -0.572. The standard InChI is InChI=1S/C14H21FN2/c1-8(2)17-12(5-9(3)16-17)13-11-6-10(15)7-14(11,13)4/h5,8,10-11,13H,6-7H2,1-4H3/t10-,11-,13+,14?/m0/s1. The van der Waals surface area contributed by atoms with Crippen LogP contribution in [0.4, 0.5) is 4.39 Å². The molecule has 3 heteroatoms. The van der Waals surface area contributed by atoms with Crippen LogP contribution < -0.4 is 0 Å². The second kappa shape index (κ2) is 3.33. The SMILES string of the molecule is Cc1cc([C@H]2[C@@H]3C[C@H](F)CC32C)n(C(C)C)n1. The van der Waals surface area contributed by atoms with E-state index in [1.54, 1.807) is 0 Å². The van der Waals surface area contributed by atoms with Gasteiger partial charge >= 0.3 is 0 Å². The molecular formula is C14H21FN2. The van der Waals surface area contributed by atoms with Crippen molar-refractivity contribution in [1.29, 1.82) is 0 Å². The lowest BCUT2D eigenvalue weighted by Gasteiger charge is -2.15. The van der Waals surface area contributed by atoms with Crippen LogP contribution in [0, 0.1) is 18.3 Å². The Bertz CT molecular complexity index is 451. The third-order valence-electron chi connectivity index (χ3n) is 4.72. The van der Waals surface area contributed by atoms with Gasteiger partial charge in [-0.15, -0.1) is 0 Å². The zero-order valence-corrected chi connectivity index (χ0v) is 11.1. The Morgan fingerprint density at radius 2 is 2.24 bits per heavy atom. The number of rotatable bonds is 2. The van der Waals surface area contributed by atoms with Gasteiger partial charge in [-0.05, 0) is 51.0 Å². The van der Waals surface area contributed by atoms with Gasteiger partial charge in [0.15, 0.2) is 0 Å². The Morgan fingerprint density at radius 1 is 1.53 bits per heavy atom. The fraction of sp³-hybridized carbons (Fsp3) is 0.786. The molecule has 0 aromatic carbocycles. The molecule has 17 heavy (non-hydrogen) atoms. The van der Waals surface area contributed by atoms with Crippen molar-refractivity contribution in [2.45, 2.75) is 58.7 Å². The highest BCUT2D eigenvalue weighted by Gasteiger charge is 2.67. The first kappa shape index (κ1) is 11.2. The van der Waals surface area contributed by atoms with E-state index >= 15 is 0 Å². The molecule has 0 aliphatic heterocycles. The zero-order chi connectivity index (χ0) is 12.4. The van der Waals surface area contributed by atoms with Gasteiger partial charge in [-0.25, -0.2) is 4.39 Å². The molecule has 2 fully saturated rings. The lowest BCUT2D eigenvalue weighted by Crippen LogP contribution is -2.11. The summed E-state index contributed by atoms with van der Waals surface area (Å²) in [6, 6.07) is 2.59. The Labute approximate surface area is 102 Å². The van der Waals surface area contributed by atoms with Gasteiger partial charge in [0.25, 0.3) is 0 Å². The summed E-state index contributed by atoms with van der Waals surface area (Å²) in [5.74, 6) is 1.09. The Balaban J connectivity index is 1.93. The molecule has 1 aromatic rings. The maximum absolute atomic E-state index is 13.4. The monoisotopic (exact) mass is 236 g/mol. The van der Waals surface area contributed by atoms with Crippen molar-refractivity contribution in [1.82, 2.24) is 9.78 Å². The minimum Gasteiger partial charge on any atom is -0.267 e. The number of hydrogen-bond donors (Lipinski definition) is 0. The Morgan fingerprint density at radius 3 is 2.76 bits per heavy atom. The quantitative estimate of drug-likeness (QED) is 0.766. The lowest BCUT2D eigenvalue weighted by atomic mass is 9.99. The van der Waals surface area contributed by atoms with E-state index < -0.39 is 6.17 Å². The predicted molar refractivity (Wildman–Crippen MR) is 65.8 cm³/mol. The molecule has 0 saturated heterocycles. The number of aryl methyl sites for hydroxylation is 1. The van der Waals surface area contributed by atoms with E-state index in [-0.39, 0.29) is 5.41 Å². The van der Waals surface area contributed by atoms with E-state index in [0.717, 1.165) is 18.5 Å². The molecule has 2 saturated carbocycles. The van der Waals surface area contributed by atoms with Gasteiger partial charge in [-0.3, -0.25) is 4.68 Å². The van der Waals surface area contributed by atoms with Gasteiger partial charge in [-0.2, -0.15) is 5.10 Å². The lowest BCUT2D eigenvalue weighted by molar-refractivity contribution is 0.289. The maximum Gasteiger partial charge on any atom is 0.101 e. The number of aromatic nitrogens is 2. The van der Waals surface area contributed by atoms with Crippen LogP contribution in [0.15, 0.2) is 6.07 Å². The second-order valence-electron chi connectivity index (χ2n) is 6.38. The summed E-state index contributed by atoms with van der Waals surface area (Å²) in [6.07, 6.45) is 0.923. The molecule has 2 aliphatic rings. The fourth-order valence-electron chi connectivity index (χ4n) is 3.91. The number of fused-ring (bicyclic) bond motifs is 1. The normalized spacial score (nSPS) is 39.8. The van der Waals surface area contributed by atoms with Crippen molar-refractivity contribution in [3.05, 3.63) is 17.5 Å². The first-order chi connectivity index (χ1) is 7.93. The summed E-state index contributed by atoms with van der Waals surface area (Å²) in [4.78, 5) is 0. The summed E-state index contributed by atoms with van der Waals surface area (Å²) in [7, 11) is 0. The fourth-order valence-corrected chi connectivity index (χ4v) is 3.91. The molecule has 0 N–H and O–H groups in total. The first-order valence-corrected chi connectivity index (χ1v) is 6.63. The van der Waals surface area contributed by atoms with Crippen LogP contribution in [0.2, 0.25) is 0 Å². The molecule has 2 nitrogen and oxygen atoms in total. The molecule has 1 unspecified atom stereocenters. The molecule has 0 radical (unpaired) electrons. The van der Waals surface area contributed by atoms with Gasteiger partial charge < -0.3 is 0 Å². The van der Waals surface area contributed by atoms with Crippen LogP contribution in [0.3, 0.4) is 0 Å². The molecule has 1 aromatic heterocycles. The third-order valence-corrected chi connectivity index (χ3v) is 4.72. The highest BCUT2D eigenvalue weighted by atomic mass is 19.1. The Hall–Kier alpha value is -0.860. The summed E-state index contributed by atoms with van der Waals surface area (Å²) >= 11 is 0. The number of alkyl halides is 1. The highest BCUT2D eigenvalue weighted by molar-refractivity contribution is 5.31. The number of nitrogens with zero attached hydrogens (tertiary/aromatic N) is 2. The molecule has 0 spiro atoms. The van der Waals surface area contributed by atoms with E-state index in [4.69, 9.17) is 0 Å². The second-order valence-corrected chi connectivity index (χ2v) is 6.38. The molecule has 1 heterocycles. The summed E-state index contributed by atoms with van der Waals surface area (Å²) in [6.45, 7) is 8.61. The maximum atomic E-state index is 13.4. The average Bonchev–Trinajstić information content (AvgIpc) is 2.57. The zero-order valence-electron chi connectivity index (χ0n) is 11.1. The van der Waals surface area contributed by atoms with Crippen LogP contribution in [0.1, 0.15) is 57.0 Å². The van der Waals surface area contributed by atoms with Crippen molar-refractivity contribution in [2.75, 3.05) is 0 Å². The van der Waals surface area contributed by atoms with Crippen LogP contribution in [-0.2, 0) is 0 Å². The van der Waals surface area contributed by atoms with Gasteiger partial charge in [0.2, 0.25) is 0 Å². The smallest absolute Gasteiger partial charge is 0.101 e. The largest absolute Gasteiger partial charge is 0.267 e. The molecule has 94 valence electrons. The molecule has 0 amide bonds. The van der Waals surface area contributed by atoms with Gasteiger partial charge in [0, 0.05) is 17.7 Å². The molecule has 2 aliphatic carbocycles. The van der Waals surface area contributed by atoms with Crippen molar-refractivity contribution in [3.8, 4) is 0 Å². The number of hydrogen-bond acceptors (Lipinski definition) is 1. The molecule has 4 atom stereocenters. The molecular weight excluding hydrogens is 215 g/mol. The van der Waals surface area contributed by atoms with E-state index in [2.05, 4.69) is 36.6 Å². The third kappa shape index (κ3) is 1.47. The van der Waals surface area contributed by atoms with Crippen molar-refractivity contribution < 1.29 is 4.39 Å². The van der Waals surface area contributed by atoms with Crippen molar-refractivity contribution in [3.63, 3.8) is 0 Å². The van der Waals surface area contributed by atoms with Crippen molar-refractivity contribution in [2.24, 2.45) is 11.3 Å². The van der Waals surface area contributed by atoms with Crippen molar-refractivity contribution >= 4 is 0 Å². The summed E-state index contributed by atoms with van der Waals surface area (Å²) in [5, 5.41) is 4.57. The Kier molecular flexibility index (Phi) is 2.20. The van der Waals surface area contributed by atoms with Gasteiger partial charge in [-0.1, -0.05) is 6.92 Å². The number of halogens is 1. The summed E-state index contributed by atoms with van der Waals surface area (Å²) in [5.41, 5.74) is 2.62. The van der Waals surface area contributed by atoms with E-state index in [1.807, 2.05) is 6.92 Å². The minimum absolute atomic E-state index is 0.207. The molecule has 0 bridgehead atoms. The van der Waals surface area contributed by atoms with Gasteiger partial charge in [0.05, 0.1) is 5.69 Å². The van der Waals surface area contributed by atoms with Crippen LogP contribution in [-0.4, -0.2) is 16.0 Å². The van der Waals surface area contributed by atoms with E-state index in [1.165, 1.54) is 5.69 Å².